The van der Waals surface area contributed by atoms with E-state index in [4.69, 9.17) is 0 Å². The van der Waals surface area contributed by atoms with Gasteiger partial charge in [-0.25, -0.2) is 13.8 Å². The zero-order valence-electron chi connectivity index (χ0n) is 18.7. The van der Waals surface area contributed by atoms with Gasteiger partial charge in [0, 0.05) is 37.3 Å². The van der Waals surface area contributed by atoms with Crippen LogP contribution in [0.4, 0.5) is 8.78 Å². The van der Waals surface area contributed by atoms with Crippen LogP contribution in [0.15, 0.2) is 42.7 Å². The molecule has 5 rings (SSSR count). The summed E-state index contributed by atoms with van der Waals surface area (Å²) < 4.78 is 28.4. The molecule has 4 atom stereocenters. The molecule has 34 heavy (non-hydrogen) atoms. The lowest BCUT2D eigenvalue weighted by Gasteiger charge is -2.47. The minimum Gasteiger partial charge on any atom is -0.481 e. The van der Waals surface area contributed by atoms with Crippen molar-refractivity contribution < 1.29 is 23.5 Å². The molecule has 2 aliphatic rings. The van der Waals surface area contributed by atoms with Crippen molar-refractivity contribution in [2.75, 3.05) is 6.54 Å². The number of nitrogens with one attached hydrogen (secondary N) is 1. The number of aliphatic carboxylic acids is 1. The minimum absolute atomic E-state index is 0.0389. The molecule has 0 bridgehead atoms. The molecule has 1 amide bonds. The fourth-order valence-corrected chi connectivity index (χ4v) is 5.98. The maximum atomic E-state index is 14.8. The number of H-pyrrole nitrogens is 1. The van der Waals surface area contributed by atoms with E-state index in [9.17, 15) is 23.5 Å². The van der Waals surface area contributed by atoms with Gasteiger partial charge in [0.25, 0.3) is 0 Å². The van der Waals surface area contributed by atoms with Gasteiger partial charge in [0.2, 0.25) is 5.91 Å². The summed E-state index contributed by atoms with van der Waals surface area (Å²) >= 11 is 0. The van der Waals surface area contributed by atoms with Crippen molar-refractivity contribution in [3.05, 3.63) is 65.5 Å². The third kappa shape index (κ3) is 4.06. The predicted octanol–water partition coefficient (Wildman–Crippen LogP) is 4.86. The quantitative estimate of drug-likeness (QED) is 0.561. The summed E-state index contributed by atoms with van der Waals surface area (Å²) in [4.78, 5) is 34.5. The van der Waals surface area contributed by atoms with Crippen molar-refractivity contribution in [3.8, 4) is 0 Å². The highest BCUT2D eigenvalue weighted by molar-refractivity contribution is 5.84. The first-order valence-corrected chi connectivity index (χ1v) is 11.8. The number of amides is 1. The zero-order valence-corrected chi connectivity index (χ0v) is 18.7. The van der Waals surface area contributed by atoms with E-state index in [0.29, 0.717) is 35.1 Å². The zero-order chi connectivity index (χ0) is 23.8. The molecule has 3 aromatic rings. The molecule has 1 aliphatic heterocycles. The fourth-order valence-electron chi connectivity index (χ4n) is 5.98. The molecule has 0 spiro atoms. The summed E-state index contributed by atoms with van der Waals surface area (Å²) in [5, 5.41) is 10.0. The van der Waals surface area contributed by atoms with Crippen LogP contribution in [0.1, 0.15) is 55.6 Å². The lowest BCUT2D eigenvalue weighted by Crippen LogP contribution is -2.54. The van der Waals surface area contributed by atoms with Gasteiger partial charge in [0.1, 0.15) is 17.3 Å². The molecule has 3 heterocycles. The molecule has 1 aromatic carbocycles. The van der Waals surface area contributed by atoms with Crippen LogP contribution in [0.5, 0.6) is 0 Å². The highest BCUT2D eigenvalue weighted by atomic mass is 19.1. The Bertz CT molecular complexity index is 1210. The van der Waals surface area contributed by atoms with Crippen LogP contribution in [-0.2, 0) is 9.59 Å². The number of fused-ring (bicyclic) bond motifs is 2. The largest absolute Gasteiger partial charge is 0.481 e. The summed E-state index contributed by atoms with van der Waals surface area (Å²) in [5.41, 5.74) is 1.70. The molecule has 0 radical (unpaired) electrons. The van der Waals surface area contributed by atoms with Gasteiger partial charge in [-0.15, -0.1) is 0 Å². The van der Waals surface area contributed by atoms with E-state index in [-0.39, 0.29) is 30.1 Å². The SMILES string of the molecule is O=C(O)C1CCN(C(=O)CC(c2ccc(F)cc2)c2c[nH]c3nccc(F)c23)C2CCCCC12. The predicted molar refractivity (Wildman–Crippen MR) is 122 cm³/mol. The summed E-state index contributed by atoms with van der Waals surface area (Å²) in [7, 11) is 0. The number of hydrogen-bond acceptors (Lipinski definition) is 3. The Morgan fingerprint density at radius 3 is 2.65 bits per heavy atom. The second-order valence-electron chi connectivity index (χ2n) is 9.40. The van der Waals surface area contributed by atoms with Gasteiger partial charge < -0.3 is 15.0 Å². The maximum absolute atomic E-state index is 14.8. The van der Waals surface area contributed by atoms with E-state index < -0.39 is 23.6 Å². The Labute approximate surface area is 196 Å². The van der Waals surface area contributed by atoms with Gasteiger partial charge in [0.15, 0.2) is 0 Å². The average Bonchev–Trinajstić information content (AvgIpc) is 3.27. The van der Waals surface area contributed by atoms with Gasteiger partial charge in [-0.1, -0.05) is 25.0 Å². The average molecular weight is 468 g/mol. The molecular weight excluding hydrogens is 440 g/mol. The first-order valence-electron chi connectivity index (χ1n) is 11.8. The first kappa shape index (κ1) is 22.5. The number of benzene rings is 1. The van der Waals surface area contributed by atoms with Crippen LogP contribution in [0.2, 0.25) is 0 Å². The van der Waals surface area contributed by atoms with Gasteiger partial charge in [-0.05, 0) is 54.5 Å². The van der Waals surface area contributed by atoms with Crippen molar-refractivity contribution in [2.45, 2.75) is 50.5 Å². The fraction of sp³-hybridized carbons (Fsp3) is 0.423. The van der Waals surface area contributed by atoms with E-state index in [2.05, 4.69) is 9.97 Å². The molecule has 1 saturated heterocycles. The summed E-state index contributed by atoms with van der Waals surface area (Å²) in [6, 6.07) is 7.12. The van der Waals surface area contributed by atoms with Crippen LogP contribution in [0.25, 0.3) is 11.0 Å². The standard InChI is InChI=1S/C26H27F2N3O3/c27-16-7-5-15(6-8-16)19(20-14-30-25-24(20)21(28)9-11-29-25)13-23(32)31-12-10-18(26(33)34)17-3-1-2-4-22(17)31/h5-9,11,14,17-19,22H,1-4,10,12-13H2,(H,29,30)(H,33,34). The van der Waals surface area contributed by atoms with Gasteiger partial charge >= 0.3 is 5.97 Å². The Hall–Kier alpha value is -3.29. The third-order valence-corrected chi connectivity index (χ3v) is 7.60. The third-order valence-electron chi connectivity index (χ3n) is 7.60. The molecule has 8 heteroatoms. The van der Waals surface area contributed by atoms with E-state index in [0.717, 1.165) is 25.7 Å². The number of aromatic amines is 1. The number of carboxylic acids is 1. The van der Waals surface area contributed by atoms with Crippen molar-refractivity contribution in [1.29, 1.82) is 0 Å². The summed E-state index contributed by atoms with van der Waals surface area (Å²) in [6.07, 6.45) is 7.13. The Balaban J connectivity index is 1.48. The van der Waals surface area contributed by atoms with Crippen LogP contribution in [-0.4, -0.2) is 44.4 Å². The maximum Gasteiger partial charge on any atom is 0.306 e. The highest BCUT2D eigenvalue weighted by Crippen LogP contribution is 2.41. The highest BCUT2D eigenvalue weighted by Gasteiger charge is 2.44. The number of nitrogens with zero attached hydrogens (tertiary/aromatic N) is 2. The summed E-state index contributed by atoms with van der Waals surface area (Å²) in [5.74, 6) is -2.65. The number of rotatable bonds is 5. The number of halogens is 2. The normalized spacial score (nSPS) is 23.5. The molecule has 2 N–H and O–H groups in total. The molecule has 6 nitrogen and oxygen atoms in total. The number of hydrogen-bond donors (Lipinski definition) is 2. The van der Waals surface area contributed by atoms with Crippen LogP contribution in [0, 0.1) is 23.5 Å². The summed E-state index contributed by atoms with van der Waals surface area (Å²) in [6.45, 7) is 0.400. The van der Waals surface area contributed by atoms with Crippen molar-refractivity contribution >= 4 is 22.9 Å². The topological polar surface area (TPSA) is 86.3 Å². The van der Waals surface area contributed by atoms with E-state index in [1.54, 1.807) is 18.3 Å². The number of carboxylic acid groups (broad SMARTS) is 1. The molecule has 178 valence electrons. The second kappa shape index (κ2) is 9.16. The van der Waals surface area contributed by atoms with Gasteiger partial charge in [-0.3, -0.25) is 9.59 Å². The smallest absolute Gasteiger partial charge is 0.306 e. The monoisotopic (exact) mass is 467 g/mol. The number of carbonyl (C=O) groups is 2. The van der Waals surface area contributed by atoms with E-state index in [1.165, 1.54) is 24.4 Å². The molecular formula is C26H27F2N3O3. The van der Waals surface area contributed by atoms with Crippen LogP contribution >= 0.6 is 0 Å². The van der Waals surface area contributed by atoms with Crippen molar-refractivity contribution in [1.82, 2.24) is 14.9 Å². The van der Waals surface area contributed by atoms with Crippen molar-refractivity contribution in [2.24, 2.45) is 11.8 Å². The van der Waals surface area contributed by atoms with Crippen molar-refractivity contribution in [3.63, 3.8) is 0 Å². The van der Waals surface area contributed by atoms with E-state index >= 15 is 0 Å². The molecule has 1 aliphatic carbocycles. The van der Waals surface area contributed by atoms with Crippen LogP contribution < -0.4 is 0 Å². The van der Waals surface area contributed by atoms with Crippen LogP contribution in [0.3, 0.4) is 0 Å². The Kier molecular flexibility index (Phi) is 6.06. The van der Waals surface area contributed by atoms with E-state index in [1.807, 2.05) is 4.90 Å². The van der Waals surface area contributed by atoms with Gasteiger partial charge in [0.05, 0.1) is 11.3 Å². The first-order chi connectivity index (χ1) is 16.4. The molecule has 1 saturated carbocycles. The number of carbonyl (C=O) groups excluding carboxylic acids is 1. The number of pyridine rings is 1. The Morgan fingerprint density at radius 2 is 1.88 bits per heavy atom. The minimum atomic E-state index is -0.782. The number of aromatic nitrogens is 2. The lowest BCUT2D eigenvalue weighted by atomic mass is 9.71. The number of likely N-dealkylation sites (tertiary alicyclic amines) is 1. The lowest BCUT2D eigenvalue weighted by molar-refractivity contribution is -0.153. The molecule has 2 aromatic heterocycles. The Morgan fingerprint density at radius 1 is 1.12 bits per heavy atom. The second-order valence-corrected chi connectivity index (χ2v) is 9.40. The molecule has 2 fully saturated rings. The number of piperidine rings is 1. The molecule has 4 unspecified atom stereocenters. The van der Waals surface area contributed by atoms with Gasteiger partial charge in [-0.2, -0.15) is 0 Å².